The van der Waals surface area contributed by atoms with E-state index in [9.17, 15) is 4.39 Å². The largest absolute Gasteiger partial charge is 0.385 e. The van der Waals surface area contributed by atoms with Crippen molar-refractivity contribution in [1.82, 2.24) is 9.78 Å². The maximum Gasteiger partial charge on any atom is 0.304 e. The Morgan fingerprint density at radius 1 is 1.22 bits per heavy atom. The molecule has 27 heavy (non-hydrogen) atoms. The van der Waals surface area contributed by atoms with Gasteiger partial charge in [-0.2, -0.15) is 5.10 Å². The summed E-state index contributed by atoms with van der Waals surface area (Å²) < 4.78 is 52.3. The fourth-order valence-electron chi connectivity index (χ4n) is 3.16. The number of hydrogen-bond donors (Lipinski definition) is 2. The third-order valence-electron chi connectivity index (χ3n) is 4.79. The second-order valence-corrected chi connectivity index (χ2v) is 7.24. The predicted octanol–water partition coefficient (Wildman–Crippen LogP) is 3.32. The minimum atomic E-state index is -3.54. The third-order valence-corrected chi connectivity index (χ3v) is 4.79. The molecular formula is C18H22F3N5O. The average molecular weight is 381 g/mol. The average Bonchev–Trinajstić information content (AvgIpc) is 2.96. The van der Waals surface area contributed by atoms with Crippen LogP contribution in [0.2, 0.25) is 0 Å². The highest BCUT2D eigenvalue weighted by atomic mass is 19.3. The Balaban J connectivity index is 2.12. The van der Waals surface area contributed by atoms with Crippen LogP contribution in [0.25, 0.3) is 0 Å². The minimum absolute atomic E-state index is 0.120. The SMILES string of the molecule is Cn1ccc(Nc2ccc(F)c([C@@]3(C)N=C(N)COC(C)(C)C3(F)F)c2)n1. The second kappa shape index (κ2) is 6.26. The summed E-state index contributed by atoms with van der Waals surface area (Å²) in [6.45, 7) is 3.39. The van der Waals surface area contributed by atoms with Gasteiger partial charge in [0.2, 0.25) is 0 Å². The molecule has 1 aliphatic heterocycles. The summed E-state index contributed by atoms with van der Waals surface area (Å²) in [6, 6.07) is 5.57. The van der Waals surface area contributed by atoms with E-state index in [-0.39, 0.29) is 18.0 Å². The lowest BCUT2D eigenvalue weighted by Gasteiger charge is -2.42. The van der Waals surface area contributed by atoms with Gasteiger partial charge in [-0.3, -0.25) is 9.67 Å². The fourth-order valence-corrected chi connectivity index (χ4v) is 3.16. The molecule has 0 unspecified atom stereocenters. The summed E-state index contributed by atoms with van der Waals surface area (Å²) in [7, 11) is 1.74. The van der Waals surface area contributed by atoms with Crippen LogP contribution in [0.4, 0.5) is 24.7 Å². The zero-order valence-electron chi connectivity index (χ0n) is 15.6. The lowest BCUT2D eigenvalue weighted by Crippen LogP contribution is -2.56. The highest BCUT2D eigenvalue weighted by Crippen LogP contribution is 2.50. The first-order valence-corrected chi connectivity index (χ1v) is 8.39. The second-order valence-electron chi connectivity index (χ2n) is 7.24. The van der Waals surface area contributed by atoms with Gasteiger partial charge in [0.15, 0.2) is 11.4 Å². The molecule has 1 atom stereocenters. The molecule has 9 heteroatoms. The number of anilines is 2. The van der Waals surface area contributed by atoms with Gasteiger partial charge in [-0.15, -0.1) is 0 Å². The first-order valence-electron chi connectivity index (χ1n) is 8.39. The highest BCUT2D eigenvalue weighted by molar-refractivity contribution is 5.82. The van der Waals surface area contributed by atoms with Crippen LogP contribution in [0, 0.1) is 5.82 Å². The summed E-state index contributed by atoms with van der Waals surface area (Å²) in [4.78, 5) is 3.97. The number of alkyl halides is 2. The zero-order chi connectivity index (χ0) is 20.0. The molecule has 0 saturated heterocycles. The van der Waals surface area contributed by atoms with Gasteiger partial charge in [-0.05, 0) is 39.0 Å². The van der Waals surface area contributed by atoms with Crippen molar-refractivity contribution in [2.75, 3.05) is 11.9 Å². The van der Waals surface area contributed by atoms with Crippen molar-refractivity contribution in [3.8, 4) is 0 Å². The van der Waals surface area contributed by atoms with Crippen LogP contribution in [-0.2, 0) is 17.3 Å². The van der Waals surface area contributed by atoms with E-state index in [1.54, 1.807) is 24.0 Å². The zero-order valence-corrected chi connectivity index (χ0v) is 15.6. The van der Waals surface area contributed by atoms with Gasteiger partial charge in [0.1, 0.15) is 23.9 Å². The normalized spacial score (nSPS) is 24.2. The Morgan fingerprint density at radius 3 is 2.56 bits per heavy atom. The van der Waals surface area contributed by atoms with Crippen LogP contribution in [0.3, 0.4) is 0 Å². The van der Waals surface area contributed by atoms with Gasteiger partial charge in [-0.1, -0.05) is 0 Å². The Hall–Kier alpha value is -2.55. The summed E-state index contributed by atoms with van der Waals surface area (Å²) in [5.41, 5.74) is 1.72. The van der Waals surface area contributed by atoms with Gasteiger partial charge >= 0.3 is 5.92 Å². The molecule has 146 valence electrons. The number of nitrogens with zero attached hydrogens (tertiary/aromatic N) is 3. The van der Waals surface area contributed by atoms with E-state index in [0.29, 0.717) is 11.5 Å². The maximum atomic E-state index is 15.4. The summed E-state index contributed by atoms with van der Waals surface area (Å²) >= 11 is 0. The van der Waals surface area contributed by atoms with Crippen LogP contribution in [-0.4, -0.2) is 33.7 Å². The Morgan fingerprint density at radius 2 is 1.93 bits per heavy atom. The van der Waals surface area contributed by atoms with Crippen LogP contribution in [0.5, 0.6) is 0 Å². The van der Waals surface area contributed by atoms with Crippen molar-refractivity contribution in [2.45, 2.75) is 37.8 Å². The van der Waals surface area contributed by atoms with E-state index < -0.39 is 22.9 Å². The topological polar surface area (TPSA) is 77.5 Å². The molecule has 0 spiro atoms. The molecule has 0 fully saturated rings. The summed E-state index contributed by atoms with van der Waals surface area (Å²) in [5, 5.41) is 7.13. The van der Waals surface area contributed by atoms with E-state index >= 15 is 8.78 Å². The van der Waals surface area contributed by atoms with E-state index in [4.69, 9.17) is 10.5 Å². The molecule has 0 saturated carbocycles. The van der Waals surface area contributed by atoms with Gasteiger partial charge in [0.25, 0.3) is 0 Å². The van der Waals surface area contributed by atoms with Crippen LogP contribution >= 0.6 is 0 Å². The molecule has 2 heterocycles. The maximum absolute atomic E-state index is 15.4. The number of aliphatic imine (C=N–C) groups is 1. The van der Waals surface area contributed by atoms with Crippen LogP contribution in [0.1, 0.15) is 26.3 Å². The molecule has 0 amide bonds. The van der Waals surface area contributed by atoms with Crippen molar-refractivity contribution < 1.29 is 17.9 Å². The van der Waals surface area contributed by atoms with Gasteiger partial charge in [0.05, 0.1) is 0 Å². The van der Waals surface area contributed by atoms with Crippen molar-refractivity contribution >= 4 is 17.3 Å². The van der Waals surface area contributed by atoms with Gasteiger partial charge in [0, 0.05) is 30.6 Å². The minimum Gasteiger partial charge on any atom is -0.385 e. The molecule has 1 aliphatic rings. The summed E-state index contributed by atoms with van der Waals surface area (Å²) in [5.74, 6) is -3.96. The molecule has 0 aliphatic carbocycles. The van der Waals surface area contributed by atoms with E-state index in [0.717, 1.165) is 6.07 Å². The first-order chi connectivity index (χ1) is 12.5. The molecule has 2 aromatic rings. The number of amidine groups is 1. The van der Waals surface area contributed by atoms with Crippen LogP contribution < -0.4 is 11.1 Å². The molecule has 3 N–H and O–H groups in total. The van der Waals surface area contributed by atoms with Crippen molar-refractivity contribution in [3.63, 3.8) is 0 Å². The predicted molar refractivity (Wildman–Crippen MR) is 96.8 cm³/mol. The molecule has 0 radical (unpaired) electrons. The van der Waals surface area contributed by atoms with E-state index in [1.807, 2.05) is 0 Å². The lowest BCUT2D eigenvalue weighted by molar-refractivity contribution is -0.214. The number of benzene rings is 1. The molecular weight excluding hydrogens is 359 g/mol. The molecule has 1 aromatic heterocycles. The monoisotopic (exact) mass is 381 g/mol. The van der Waals surface area contributed by atoms with Crippen molar-refractivity contribution in [1.29, 1.82) is 0 Å². The molecule has 1 aromatic carbocycles. The molecule has 6 nitrogen and oxygen atoms in total. The third kappa shape index (κ3) is 3.16. The molecule has 0 bridgehead atoms. The van der Waals surface area contributed by atoms with Gasteiger partial charge in [-0.25, -0.2) is 13.2 Å². The number of aromatic nitrogens is 2. The number of halogens is 3. The number of ether oxygens (including phenoxy) is 1. The number of hydrogen-bond acceptors (Lipinski definition) is 5. The number of nitrogens with one attached hydrogen (secondary N) is 1. The Kier molecular flexibility index (Phi) is 4.46. The quantitative estimate of drug-likeness (QED) is 0.855. The Labute approximate surface area is 155 Å². The Bertz CT molecular complexity index is 893. The number of nitrogens with two attached hydrogens (primary N) is 1. The van der Waals surface area contributed by atoms with E-state index in [1.165, 1.54) is 32.9 Å². The lowest BCUT2D eigenvalue weighted by atomic mass is 9.78. The van der Waals surface area contributed by atoms with Crippen molar-refractivity contribution in [2.24, 2.45) is 17.8 Å². The summed E-state index contributed by atoms with van der Waals surface area (Å²) in [6.07, 6.45) is 1.72. The highest BCUT2D eigenvalue weighted by Gasteiger charge is 2.63. The standard InChI is InChI=1S/C18H22F3N5O/c1-16(2)18(20,21)17(3,24-14(22)10-27-16)12-9-11(5-6-13(12)19)23-15-7-8-26(4)25-15/h5-9H,10H2,1-4H3,(H2,22,24)(H,23,25)/t17-/m1/s1. The molecule has 3 rings (SSSR count). The van der Waals surface area contributed by atoms with Crippen LogP contribution in [0.15, 0.2) is 35.5 Å². The fraction of sp³-hybridized carbons (Fsp3) is 0.444. The van der Waals surface area contributed by atoms with E-state index in [2.05, 4.69) is 15.4 Å². The number of aryl methyl sites for hydroxylation is 1. The number of rotatable bonds is 3. The van der Waals surface area contributed by atoms with Crippen molar-refractivity contribution in [3.05, 3.63) is 41.8 Å². The first kappa shape index (κ1) is 19.2. The smallest absolute Gasteiger partial charge is 0.304 e. The van der Waals surface area contributed by atoms with Gasteiger partial charge < -0.3 is 15.8 Å².